The fraction of sp³-hybridized carbons (Fsp3) is 0.458. The van der Waals surface area contributed by atoms with Gasteiger partial charge in [-0.15, -0.1) is 0 Å². The first-order valence-electron chi connectivity index (χ1n) is 11.8. The molecule has 0 bridgehead atoms. The Bertz CT molecular complexity index is 1090. The number of hydrogen-bond acceptors (Lipinski definition) is 8. The molecule has 35 heavy (non-hydrogen) atoms. The molecule has 2 fully saturated rings. The normalized spacial score (nSPS) is 16.8. The van der Waals surface area contributed by atoms with Gasteiger partial charge in [0.1, 0.15) is 11.5 Å². The summed E-state index contributed by atoms with van der Waals surface area (Å²) in [5, 5.41) is 14.7. The van der Waals surface area contributed by atoms with E-state index >= 15 is 0 Å². The van der Waals surface area contributed by atoms with E-state index in [2.05, 4.69) is 27.1 Å². The molecular formula is C24H31N7O4. The van der Waals surface area contributed by atoms with E-state index in [-0.39, 0.29) is 29.6 Å². The van der Waals surface area contributed by atoms with Gasteiger partial charge in [-0.05, 0) is 25.2 Å². The number of aromatic nitrogens is 1. The lowest BCUT2D eigenvalue weighted by molar-refractivity contribution is -0.384. The van der Waals surface area contributed by atoms with Crippen molar-refractivity contribution in [2.75, 3.05) is 69.2 Å². The average molecular weight is 482 g/mol. The Hall–Kier alpha value is -3.73. The van der Waals surface area contributed by atoms with Crippen molar-refractivity contribution in [3.05, 3.63) is 57.8 Å². The Balaban J connectivity index is 1.45. The third kappa shape index (κ3) is 5.68. The first-order valence-corrected chi connectivity index (χ1v) is 11.8. The molecule has 0 atom stereocenters. The van der Waals surface area contributed by atoms with Crippen molar-refractivity contribution in [2.45, 2.75) is 13.5 Å². The van der Waals surface area contributed by atoms with Crippen LogP contribution in [0.25, 0.3) is 0 Å². The number of carbonyl (C=O) groups excluding carboxylic acids is 2. The zero-order chi connectivity index (χ0) is 24.9. The van der Waals surface area contributed by atoms with Gasteiger partial charge in [-0.25, -0.2) is 4.98 Å². The molecule has 11 nitrogen and oxygen atoms in total. The van der Waals surface area contributed by atoms with Gasteiger partial charge in [0.2, 0.25) is 5.91 Å². The molecule has 2 amide bonds. The molecule has 1 aromatic carbocycles. The van der Waals surface area contributed by atoms with Crippen molar-refractivity contribution in [2.24, 2.45) is 0 Å². The molecule has 0 unspecified atom stereocenters. The lowest BCUT2D eigenvalue weighted by Gasteiger charge is -2.35. The lowest BCUT2D eigenvalue weighted by atomic mass is 10.1. The van der Waals surface area contributed by atoms with Gasteiger partial charge in [0, 0.05) is 89.2 Å². The summed E-state index contributed by atoms with van der Waals surface area (Å²) in [5.41, 5.74) is 1.47. The third-order valence-corrected chi connectivity index (χ3v) is 6.61. The Morgan fingerprint density at radius 1 is 1.03 bits per heavy atom. The Kier molecular flexibility index (Phi) is 7.45. The predicted octanol–water partition coefficient (Wildman–Crippen LogP) is 1.34. The number of nitro benzene ring substituents is 1. The summed E-state index contributed by atoms with van der Waals surface area (Å²) in [4.78, 5) is 48.4. The van der Waals surface area contributed by atoms with Crippen molar-refractivity contribution in [1.82, 2.24) is 20.1 Å². The summed E-state index contributed by atoms with van der Waals surface area (Å²) in [7, 11) is 2.09. The van der Waals surface area contributed by atoms with Crippen molar-refractivity contribution >= 4 is 29.0 Å². The molecule has 11 heteroatoms. The van der Waals surface area contributed by atoms with Gasteiger partial charge < -0.3 is 24.9 Å². The van der Waals surface area contributed by atoms with E-state index < -0.39 is 4.92 Å². The largest absolute Gasteiger partial charge is 0.362 e. The number of nitro groups is 1. The van der Waals surface area contributed by atoms with Crippen LogP contribution in [0.3, 0.4) is 0 Å². The molecule has 4 rings (SSSR count). The number of rotatable bonds is 6. The lowest BCUT2D eigenvalue weighted by Crippen LogP contribution is -2.48. The first kappa shape index (κ1) is 24.4. The van der Waals surface area contributed by atoms with Crippen LogP contribution in [0, 0.1) is 10.1 Å². The predicted molar refractivity (Wildman–Crippen MR) is 133 cm³/mol. The minimum Gasteiger partial charge on any atom is -0.362 e. The fourth-order valence-electron chi connectivity index (χ4n) is 4.49. The maximum atomic E-state index is 12.9. The van der Waals surface area contributed by atoms with Gasteiger partial charge in [0.05, 0.1) is 4.92 Å². The van der Waals surface area contributed by atoms with Crippen LogP contribution in [-0.4, -0.2) is 90.9 Å². The number of nitrogens with one attached hydrogen (secondary N) is 1. The molecule has 0 radical (unpaired) electrons. The summed E-state index contributed by atoms with van der Waals surface area (Å²) >= 11 is 0. The first-order chi connectivity index (χ1) is 16.8. The molecule has 1 aromatic heterocycles. The van der Waals surface area contributed by atoms with E-state index in [1.165, 1.54) is 13.0 Å². The molecule has 0 spiro atoms. The number of hydrogen-bond donors (Lipinski definition) is 1. The summed E-state index contributed by atoms with van der Waals surface area (Å²) in [6.07, 6.45) is 1.75. The standard InChI is InChI=1S/C24H31N7O4/c1-18(32)28-12-14-29(15-13-28)21-6-5-19(16-22(21)31(34)35)24(33)26-17-20-4-3-7-25-23(20)30-10-8-27(2)9-11-30/h3-7,16H,8-15,17H2,1-2H3,(H,26,33). The van der Waals surface area contributed by atoms with E-state index in [4.69, 9.17) is 0 Å². The van der Waals surface area contributed by atoms with Crippen molar-refractivity contribution < 1.29 is 14.5 Å². The number of likely N-dealkylation sites (N-methyl/N-ethyl adjacent to an activating group) is 1. The highest BCUT2D eigenvalue weighted by Gasteiger charge is 2.26. The second-order valence-corrected chi connectivity index (χ2v) is 8.91. The number of piperazine rings is 2. The number of nitrogens with zero attached hydrogens (tertiary/aromatic N) is 6. The van der Waals surface area contributed by atoms with Crippen LogP contribution in [0.2, 0.25) is 0 Å². The summed E-state index contributed by atoms with van der Waals surface area (Å²) in [6, 6.07) is 8.34. The van der Waals surface area contributed by atoms with Crippen LogP contribution in [0.5, 0.6) is 0 Å². The third-order valence-electron chi connectivity index (χ3n) is 6.61. The molecule has 2 aliphatic heterocycles. The van der Waals surface area contributed by atoms with Crippen LogP contribution >= 0.6 is 0 Å². The highest BCUT2D eigenvalue weighted by molar-refractivity contribution is 5.95. The highest BCUT2D eigenvalue weighted by atomic mass is 16.6. The smallest absolute Gasteiger partial charge is 0.293 e. The topological polar surface area (TPSA) is 115 Å². The molecule has 2 saturated heterocycles. The summed E-state index contributed by atoms with van der Waals surface area (Å²) in [5.74, 6) is 0.469. The Labute approximate surface area is 204 Å². The van der Waals surface area contributed by atoms with Gasteiger partial charge in [-0.3, -0.25) is 19.7 Å². The van der Waals surface area contributed by atoms with E-state index in [9.17, 15) is 19.7 Å². The zero-order valence-corrected chi connectivity index (χ0v) is 20.1. The van der Waals surface area contributed by atoms with Crippen molar-refractivity contribution in [3.63, 3.8) is 0 Å². The van der Waals surface area contributed by atoms with Crippen LogP contribution in [-0.2, 0) is 11.3 Å². The van der Waals surface area contributed by atoms with Gasteiger partial charge in [0.25, 0.3) is 11.6 Å². The Morgan fingerprint density at radius 3 is 2.37 bits per heavy atom. The summed E-state index contributed by atoms with van der Waals surface area (Å²) in [6.45, 7) is 7.44. The second kappa shape index (κ2) is 10.7. The molecule has 0 saturated carbocycles. The summed E-state index contributed by atoms with van der Waals surface area (Å²) < 4.78 is 0. The highest BCUT2D eigenvalue weighted by Crippen LogP contribution is 2.30. The number of pyridine rings is 1. The fourth-order valence-corrected chi connectivity index (χ4v) is 4.49. The monoisotopic (exact) mass is 481 g/mol. The van der Waals surface area contributed by atoms with E-state index in [0.717, 1.165) is 37.6 Å². The molecule has 3 heterocycles. The van der Waals surface area contributed by atoms with E-state index in [1.54, 1.807) is 23.2 Å². The van der Waals surface area contributed by atoms with Crippen LogP contribution in [0.1, 0.15) is 22.8 Å². The maximum Gasteiger partial charge on any atom is 0.293 e. The number of amides is 2. The average Bonchev–Trinajstić information content (AvgIpc) is 2.87. The molecule has 186 valence electrons. The number of benzene rings is 1. The molecule has 2 aliphatic rings. The molecular weight excluding hydrogens is 450 g/mol. The molecule has 1 N–H and O–H groups in total. The van der Waals surface area contributed by atoms with Gasteiger partial charge in [-0.1, -0.05) is 6.07 Å². The quantitative estimate of drug-likeness (QED) is 0.486. The van der Waals surface area contributed by atoms with E-state index in [0.29, 0.717) is 31.9 Å². The van der Waals surface area contributed by atoms with Crippen LogP contribution in [0.4, 0.5) is 17.2 Å². The zero-order valence-electron chi connectivity index (χ0n) is 20.1. The van der Waals surface area contributed by atoms with Crippen molar-refractivity contribution in [3.8, 4) is 0 Å². The van der Waals surface area contributed by atoms with E-state index in [1.807, 2.05) is 17.0 Å². The number of anilines is 2. The maximum absolute atomic E-state index is 12.9. The van der Waals surface area contributed by atoms with Gasteiger partial charge in [0.15, 0.2) is 0 Å². The van der Waals surface area contributed by atoms with Crippen molar-refractivity contribution in [1.29, 1.82) is 0 Å². The van der Waals surface area contributed by atoms with Gasteiger partial charge in [-0.2, -0.15) is 0 Å². The van der Waals surface area contributed by atoms with Crippen LogP contribution in [0.15, 0.2) is 36.5 Å². The van der Waals surface area contributed by atoms with Gasteiger partial charge >= 0.3 is 0 Å². The SMILES string of the molecule is CC(=O)N1CCN(c2ccc(C(=O)NCc3cccnc3N3CCN(C)CC3)cc2[N+](=O)[O-])CC1. The Morgan fingerprint density at radius 2 is 1.71 bits per heavy atom. The second-order valence-electron chi connectivity index (χ2n) is 8.91. The minimum absolute atomic E-state index is 0.00411. The number of carbonyl (C=O) groups is 2. The molecule has 0 aliphatic carbocycles. The van der Waals surface area contributed by atoms with Crippen LogP contribution < -0.4 is 15.1 Å². The molecule has 2 aromatic rings. The minimum atomic E-state index is -0.462.